The van der Waals surface area contributed by atoms with Crippen molar-refractivity contribution in [2.45, 2.75) is 12.1 Å². The van der Waals surface area contributed by atoms with Gasteiger partial charge in [0.15, 0.2) is 0 Å². The summed E-state index contributed by atoms with van der Waals surface area (Å²) in [6.07, 6.45) is 0. The van der Waals surface area contributed by atoms with Gasteiger partial charge in [-0.2, -0.15) is 0 Å². The Kier molecular flexibility index (Phi) is 4.91. The van der Waals surface area contributed by atoms with Crippen LogP contribution in [0.15, 0.2) is 60.7 Å². The maximum absolute atomic E-state index is 11.7. The number of hydrogen-bond donors (Lipinski definition) is 2. The minimum Gasteiger partial charge on any atom is -0.480 e. The number of carboxylic acids is 2. The van der Waals surface area contributed by atoms with Crippen LogP contribution in [0.3, 0.4) is 0 Å². The van der Waals surface area contributed by atoms with Gasteiger partial charge in [-0.25, -0.2) is 0 Å². The molecule has 5 nitrogen and oxygen atoms in total. The first kappa shape index (κ1) is 15.7. The molecular formula is C17H17NO4. The molecule has 0 bridgehead atoms. The molecule has 22 heavy (non-hydrogen) atoms. The Hall–Kier alpha value is -2.66. The van der Waals surface area contributed by atoms with Crippen molar-refractivity contribution in [3.63, 3.8) is 0 Å². The first-order valence-corrected chi connectivity index (χ1v) is 6.80. The molecule has 0 amide bonds. The van der Waals surface area contributed by atoms with Crippen molar-refractivity contribution >= 4 is 11.9 Å². The number of carboxylic acid groups (broad SMARTS) is 2. The summed E-state index contributed by atoms with van der Waals surface area (Å²) < 4.78 is 0. The maximum atomic E-state index is 11.7. The van der Waals surface area contributed by atoms with Gasteiger partial charge in [0, 0.05) is 0 Å². The van der Waals surface area contributed by atoms with E-state index in [1.165, 1.54) is 11.9 Å². The van der Waals surface area contributed by atoms with E-state index in [2.05, 4.69) is 0 Å². The molecule has 2 N–H and O–H groups in total. The Morgan fingerprint density at radius 2 is 1.09 bits per heavy atom. The molecule has 0 aliphatic heterocycles. The average molecular weight is 299 g/mol. The second kappa shape index (κ2) is 6.87. The predicted octanol–water partition coefficient (Wildman–Crippen LogP) is 2.57. The quantitative estimate of drug-likeness (QED) is 0.857. The van der Waals surface area contributed by atoms with E-state index < -0.39 is 24.0 Å². The van der Waals surface area contributed by atoms with Crippen LogP contribution < -0.4 is 0 Å². The zero-order valence-electron chi connectivity index (χ0n) is 12.1. The number of rotatable bonds is 6. The van der Waals surface area contributed by atoms with Crippen LogP contribution in [-0.2, 0) is 9.59 Å². The monoisotopic (exact) mass is 299 g/mol. The van der Waals surface area contributed by atoms with Crippen molar-refractivity contribution in [1.82, 2.24) is 4.90 Å². The van der Waals surface area contributed by atoms with Gasteiger partial charge in [0.2, 0.25) is 0 Å². The van der Waals surface area contributed by atoms with Crippen LogP contribution in [0.5, 0.6) is 0 Å². The minimum absolute atomic E-state index is 0.541. The molecule has 0 aliphatic rings. The summed E-state index contributed by atoms with van der Waals surface area (Å²) in [5.74, 6) is -2.17. The highest BCUT2D eigenvalue weighted by molar-refractivity contribution is 5.79. The molecule has 2 atom stereocenters. The zero-order chi connectivity index (χ0) is 16.1. The van der Waals surface area contributed by atoms with Crippen LogP contribution in [0, 0.1) is 0 Å². The summed E-state index contributed by atoms with van der Waals surface area (Å²) in [4.78, 5) is 24.7. The van der Waals surface area contributed by atoms with E-state index in [1.807, 2.05) is 0 Å². The first-order chi connectivity index (χ1) is 10.5. The fourth-order valence-electron chi connectivity index (χ4n) is 2.52. The Morgan fingerprint density at radius 3 is 1.36 bits per heavy atom. The lowest BCUT2D eigenvalue weighted by Gasteiger charge is -2.30. The molecule has 0 saturated heterocycles. The lowest BCUT2D eigenvalue weighted by molar-refractivity contribution is -0.150. The molecule has 0 heterocycles. The summed E-state index contributed by atoms with van der Waals surface area (Å²) >= 11 is 0. The highest BCUT2D eigenvalue weighted by atomic mass is 16.4. The third-order valence-electron chi connectivity index (χ3n) is 3.51. The number of carbonyl (C=O) groups is 2. The molecular weight excluding hydrogens is 282 g/mol. The highest BCUT2D eigenvalue weighted by Crippen LogP contribution is 2.29. The minimum atomic E-state index is -1.09. The second-order valence-corrected chi connectivity index (χ2v) is 4.97. The second-order valence-electron chi connectivity index (χ2n) is 4.97. The average Bonchev–Trinajstić information content (AvgIpc) is 2.49. The molecule has 0 aliphatic carbocycles. The van der Waals surface area contributed by atoms with E-state index in [4.69, 9.17) is 0 Å². The lowest BCUT2D eigenvalue weighted by atomic mass is 10.00. The Labute approximate surface area is 128 Å². The van der Waals surface area contributed by atoms with E-state index in [9.17, 15) is 19.8 Å². The topological polar surface area (TPSA) is 77.8 Å². The van der Waals surface area contributed by atoms with Crippen molar-refractivity contribution in [3.05, 3.63) is 71.8 Å². The SMILES string of the molecule is CN(C(C(=O)O)c1ccccc1)C(C(=O)O)c1ccccc1. The van der Waals surface area contributed by atoms with Crippen LogP contribution in [0.4, 0.5) is 0 Å². The molecule has 2 rings (SSSR count). The number of benzene rings is 2. The van der Waals surface area contributed by atoms with Crippen molar-refractivity contribution in [2.24, 2.45) is 0 Å². The zero-order valence-corrected chi connectivity index (χ0v) is 12.1. The van der Waals surface area contributed by atoms with E-state index in [-0.39, 0.29) is 0 Å². The van der Waals surface area contributed by atoms with E-state index in [0.29, 0.717) is 11.1 Å². The standard InChI is InChI=1S/C17H17NO4/c1-18(14(16(19)20)12-8-4-2-5-9-12)15(17(21)22)13-10-6-3-7-11-13/h2-11,14-15H,1H3,(H,19,20)(H,21,22). The van der Waals surface area contributed by atoms with Gasteiger partial charge in [0.1, 0.15) is 12.1 Å². The molecule has 0 spiro atoms. The molecule has 0 saturated carbocycles. The van der Waals surface area contributed by atoms with Gasteiger partial charge in [0.05, 0.1) is 0 Å². The summed E-state index contributed by atoms with van der Waals surface area (Å²) in [7, 11) is 1.51. The molecule has 5 heteroatoms. The van der Waals surface area contributed by atoms with Crippen LogP contribution in [-0.4, -0.2) is 34.1 Å². The molecule has 0 radical (unpaired) electrons. The van der Waals surface area contributed by atoms with E-state index >= 15 is 0 Å². The van der Waals surface area contributed by atoms with E-state index in [0.717, 1.165) is 0 Å². The summed E-state index contributed by atoms with van der Waals surface area (Å²) in [6.45, 7) is 0. The van der Waals surface area contributed by atoms with Crippen LogP contribution in [0.25, 0.3) is 0 Å². The van der Waals surface area contributed by atoms with Gasteiger partial charge >= 0.3 is 11.9 Å². The van der Waals surface area contributed by atoms with Gasteiger partial charge in [-0.05, 0) is 18.2 Å². The van der Waals surface area contributed by atoms with Crippen molar-refractivity contribution in [1.29, 1.82) is 0 Å². The van der Waals surface area contributed by atoms with Gasteiger partial charge in [-0.1, -0.05) is 60.7 Å². The lowest BCUT2D eigenvalue weighted by Crippen LogP contribution is -2.37. The van der Waals surface area contributed by atoms with Crippen molar-refractivity contribution in [2.75, 3.05) is 7.05 Å². The molecule has 0 fully saturated rings. The first-order valence-electron chi connectivity index (χ1n) is 6.80. The maximum Gasteiger partial charge on any atom is 0.325 e. The number of nitrogens with zero attached hydrogens (tertiary/aromatic N) is 1. The molecule has 0 aromatic heterocycles. The molecule has 2 aromatic carbocycles. The van der Waals surface area contributed by atoms with Crippen molar-refractivity contribution in [3.8, 4) is 0 Å². The van der Waals surface area contributed by atoms with Gasteiger partial charge < -0.3 is 10.2 Å². The number of hydrogen-bond acceptors (Lipinski definition) is 3. The Bertz CT molecular complexity index is 585. The molecule has 2 aromatic rings. The Balaban J connectivity index is 2.42. The smallest absolute Gasteiger partial charge is 0.325 e. The molecule has 2 unspecified atom stereocenters. The number of aliphatic carboxylic acids is 2. The van der Waals surface area contributed by atoms with Gasteiger partial charge in [-0.3, -0.25) is 14.5 Å². The van der Waals surface area contributed by atoms with Crippen LogP contribution in [0.2, 0.25) is 0 Å². The van der Waals surface area contributed by atoms with Gasteiger partial charge in [0.25, 0.3) is 0 Å². The predicted molar refractivity (Wildman–Crippen MR) is 81.4 cm³/mol. The van der Waals surface area contributed by atoms with Crippen LogP contribution >= 0.6 is 0 Å². The molecule has 114 valence electrons. The largest absolute Gasteiger partial charge is 0.480 e. The fraction of sp³-hybridized carbons (Fsp3) is 0.176. The van der Waals surface area contributed by atoms with Gasteiger partial charge in [-0.15, -0.1) is 0 Å². The Morgan fingerprint density at radius 1 is 0.773 bits per heavy atom. The normalized spacial score (nSPS) is 13.5. The summed E-state index contributed by atoms with van der Waals surface area (Å²) in [5.41, 5.74) is 1.08. The summed E-state index contributed by atoms with van der Waals surface area (Å²) in [5, 5.41) is 19.1. The van der Waals surface area contributed by atoms with Crippen molar-refractivity contribution < 1.29 is 19.8 Å². The van der Waals surface area contributed by atoms with Crippen LogP contribution in [0.1, 0.15) is 23.2 Å². The third-order valence-corrected chi connectivity index (χ3v) is 3.51. The number of likely N-dealkylation sites (N-methyl/N-ethyl adjacent to an activating group) is 1. The highest BCUT2D eigenvalue weighted by Gasteiger charge is 2.34. The third kappa shape index (κ3) is 3.32. The van der Waals surface area contributed by atoms with E-state index in [1.54, 1.807) is 60.7 Å². The fourth-order valence-corrected chi connectivity index (χ4v) is 2.52. The summed E-state index contributed by atoms with van der Waals surface area (Å²) in [6, 6.07) is 15.1.